The number of hydrogen-bond acceptors (Lipinski definition) is 5. The van der Waals surface area contributed by atoms with Crippen LogP contribution in [0.4, 0.5) is 5.69 Å². The fourth-order valence-electron chi connectivity index (χ4n) is 4.22. The van der Waals surface area contributed by atoms with Gasteiger partial charge in [0.15, 0.2) is 9.84 Å². The molecule has 6 nitrogen and oxygen atoms in total. The van der Waals surface area contributed by atoms with Crippen molar-refractivity contribution < 1.29 is 18.0 Å². The van der Waals surface area contributed by atoms with Crippen molar-refractivity contribution in [3.63, 3.8) is 0 Å². The lowest BCUT2D eigenvalue weighted by molar-refractivity contribution is -0.128. The van der Waals surface area contributed by atoms with E-state index in [-0.39, 0.29) is 0 Å². The first kappa shape index (κ1) is 26.1. The Bertz CT molecular complexity index is 1560. The van der Waals surface area contributed by atoms with Gasteiger partial charge in [0.05, 0.1) is 0 Å². The quantitative estimate of drug-likeness (QED) is 0.208. The van der Waals surface area contributed by atoms with Crippen LogP contribution in [0, 0.1) is 0 Å². The van der Waals surface area contributed by atoms with E-state index >= 15 is 0 Å². The number of benzene rings is 3. The van der Waals surface area contributed by atoms with E-state index in [9.17, 15) is 18.0 Å². The number of allylic oxidation sites excluding steroid dienone is 1. The van der Waals surface area contributed by atoms with Crippen LogP contribution in [0.5, 0.6) is 0 Å². The minimum Gasteiger partial charge on any atom is -0.368 e. The Hall–Kier alpha value is -4.01. The third-order valence-corrected chi connectivity index (χ3v) is 9.55. The number of rotatable bonds is 10. The van der Waals surface area contributed by atoms with Crippen LogP contribution in [0.3, 0.4) is 0 Å². The largest absolute Gasteiger partial charge is 0.368 e. The van der Waals surface area contributed by atoms with Crippen molar-refractivity contribution in [2.75, 3.05) is 5.32 Å². The molecular formula is C29H26N2O4S2. The molecule has 37 heavy (non-hydrogen) atoms. The van der Waals surface area contributed by atoms with Crippen molar-refractivity contribution in [2.45, 2.75) is 16.4 Å². The molecule has 3 aromatic carbocycles. The second kappa shape index (κ2) is 10.9. The van der Waals surface area contributed by atoms with Gasteiger partial charge in [-0.15, -0.1) is 6.58 Å². The predicted octanol–water partition coefficient (Wildman–Crippen LogP) is 5.51. The van der Waals surface area contributed by atoms with E-state index < -0.39 is 38.1 Å². The molecule has 8 heteroatoms. The zero-order valence-corrected chi connectivity index (χ0v) is 21.5. The summed E-state index contributed by atoms with van der Waals surface area (Å²) in [6.07, 6.45) is 3.94. The van der Waals surface area contributed by atoms with Crippen LogP contribution in [0.15, 0.2) is 108 Å². The average Bonchev–Trinajstić information content (AvgIpc) is 3.40. The number of nitrogens with two attached hydrogens (primary N) is 1. The molecule has 3 N–H and O–H groups in total. The number of nitrogens with one attached hydrogen (secondary N) is 1. The standard InChI is InChI=1S/C29H26N2O4S2/c1-2-26(24-15-14-22-10-6-7-11-23(22)19-24)37(34,35)29(27(30)32,17-8-9-21-16-18-36-20-21)28(33)31-25-12-4-3-5-13-25/h2-16,18-20,26H,1,17H2,(H2,30,32)(H,31,33)/b9-8+. The fraction of sp³-hybridized carbons (Fsp3) is 0.103. The molecule has 4 rings (SSSR count). The number of fused-ring (bicyclic) bond motifs is 1. The van der Waals surface area contributed by atoms with Crippen molar-refractivity contribution in [1.29, 1.82) is 0 Å². The van der Waals surface area contributed by atoms with E-state index in [0.717, 1.165) is 16.3 Å². The van der Waals surface area contributed by atoms with Crippen LogP contribution >= 0.6 is 11.3 Å². The highest BCUT2D eigenvalue weighted by Gasteiger charge is 2.57. The van der Waals surface area contributed by atoms with Crippen molar-refractivity contribution in [1.82, 2.24) is 0 Å². The molecule has 0 fully saturated rings. The Balaban J connectivity index is 1.84. The molecule has 0 saturated carbocycles. The van der Waals surface area contributed by atoms with Crippen molar-refractivity contribution in [3.8, 4) is 0 Å². The summed E-state index contributed by atoms with van der Waals surface area (Å²) in [7, 11) is -4.61. The summed E-state index contributed by atoms with van der Waals surface area (Å²) in [5, 5.41) is 6.70. The molecule has 0 saturated heterocycles. The molecule has 4 aromatic rings. The second-order valence-electron chi connectivity index (χ2n) is 8.48. The van der Waals surface area contributed by atoms with Gasteiger partial charge in [0.1, 0.15) is 5.25 Å². The van der Waals surface area contributed by atoms with E-state index in [1.54, 1.807) is 54.6 Å². The first-order valence-corrected chi connectivity index (χ1v) is 14.0. The highest BCUT2D eigenvalue weighted by Crippen LogP contribution is 2.38. The summed E-state index contributed by atoms with van der Waals surface area (Å²) in [6.45, 7) is 3.74. The molecule has 0 aliphatic carbocycles. The summed E-state index contributed by atoms with van der Waals surface area (Å²) in [4.78, 5) is 26.8. The minimum absolute atomic E-state index is 0.344. The summed E-state index contributed by atoms with van der Waals surface area (Å²) in [5.74, 6) is -2.28. The number of primary amides is 1. The summed E-state index contributed by atoms with van der Waals surface area (Å²) >= 11 is 1.47. The van der Waals surface area contributed by atoms with E-state index in [0.29, 0.717) is 11.3 Å². The number of hydrogen-bond donors (Lipinski definition) is 2. The molecule has 0 aliphatic heterocycles. The van der Waals surface area contributed by atoms with Crippen LogP contribution in [0.1, 0.15) is 22.8 Å². The van der Waals surface area contributed by atoms with E-state index in [4.69, 9.17) is 5.73 Å². The minimum atomic E-state index is -4.61. The molecule has 0 radical (unpaired) electrons. The highest BCUT2D eigenvalue weighted by molar-refractivity contribution is 7.94. The number of sulfone groups is 1. The first-order valence-electron chi connectivity index (χ1n) is 11.5. The average molecular weight is 531 g/mol. The molecule has 2 unspecified atom stereocenters. The molecule has 188 valence electrons. The number of anilines is 1. The van der Waals surface area contributed by atoms with Gasteiger partial charge in [0.25, 0.3) is 5.91 Å². The highest BCUT2D eigenvalue weighted by atomic mass is 32.2. The zero-order valence-electron chi connectivity index (χ0n) is 19.9. The maximum atomic E-state index is 14.3. The van der Waals surface area contributed by atoms with Crippen LogP contribution < -0.4 is 11.1 Å². The van der Waals surface area contributed by atoms with Gasteiger partial charge in [-0.2, -0.15) is 11.3 Å². The van der Waals surface area contributed by atoms with Gasteiger partial charge in [-0.1, -0.05) is 72.8 Å². The smallest absolute Gasteiger partial charge is 0.255 e. The van der Waals surface area contributed by atoms with Gasteiger partial charge in [-0.05, 0) is 56.9 Å². The van der Waals surface area contributed by atoms with Crippen LogP contribution in [0.25, 0.3) is 16.8 Å². The molecule has 0 bridgehead atoms. The molecule has 1 heterocycles. The summed E-state index contributed by atoms with van der Waals surface area (Å²) in [5.41, 5.74) is 7.33. The lowest BCUT2D eigenvalue weighted by Gasteiger charge is -2.31. The normalized spacial score (nSPS) is 14.2. The Morgan fingerprint density at radius 3 is 2.35 bits per heavy atom. The van der Waals surface area contributed by atoms with Gasteiger partial charge < -0.3 is 11.1 Å². The third-order valence-electron chi connectivity index (χ3n) is 6.19. The molecule has 0 aliphatic rings. The molecule has 1 aromatic heterocycles. The summed E-state index contributed by atoms with van der Waals surface area (Å²) in [6, 6.07) is 22.9. The monoisotopic (exact) mass is 530 g/mol. The van der Waals surface area contributed by atoms with Crippen LogP contribution in [-0.4, -0.2) is 25.0 Å². The number of carbonyl (C=O) groups excluding carboxylic acids is 2. The van der Waals surface area contributed by atoms with E-state index in [2.05, 4.69) is 11.9 Å². The van der Waals surface area contributed by atoms with E-state index in [1.807, 2.05) is 41.1 Å². The Kier molecular flexibility index (Phi) is 7.71. The maximum Gasteiger partial charge on any atom is 0.255 e. The topological polar surface area (TPSA) is 106 Å². The molecule has 2 amide bonds. The summed E-state index contributed by atoms with van der Waals surface area (Å²) < 4.78 is 26.0. The zero-order chi connectivity index (χ0) is 26.5. The Labute approximate surface area is 220 Å². The van der Waals surface area contributed by atoms with Gasteiger partial charge in [-0.25, -0.2) is 8.42 Å². The lowest BCUT2D eigenvalue weighted by atomic mass is 10.0. The van der Waals surface area contributed by atoms with Gasteiger partial charge in [-0.3, -0.25) is 9.59 Å². The molecular weight excluding hydrogens is 504 g/mol. The lowest BCUT2D eigenvalue weighted by Crippen LogP contribution is -2.59. The number of carbonyl (C=O) groups is 2. The van der Waals surface area contributed by atoms with Crippen LogP contribution in [-0.2, 0) is 19.4 Å². The first-order chi connectivity index (χ1) is 17.8. The van der Waals surface area contributed by atoms with Gasteiger partial charge >= 0.3 is 0 Å². The SMILES string of the molecule is C=CC(c1ccc2ccccc2c1)S(=O)(=O)C(C/C=C/c1ccsc1)(C(N)=O)C(=O)Nc1ccccc1. The second-order valence-corrected chi connectivity index (χ2v) is 11.6. The maximum absolute atomic E-state index is 14.3. The number of amides is 2. The third kappa shape index (κ3) is 5.12. The van der Waals surface area contributed by atoms with Crippen molar-refractivity contribution >= 4 is 55.5 Å². The Morgan fingerprint density at radius 2 is 1.70 bits per heavy atom. The van der Waals surface area contributed by atoms with Crippen molar-refractivity contribution in [3.05, 3.63) is 119 Å². The molecule has 2 atom stereocenters. The van der Waals surface area contributed by atoms with Crippen molar-refractivity contribution in [2.24, 2.45) is 5.73 Å². The van der Waals surface area contributed by atoms with Crippen LogP contribution in [0.2, 0.25) is 0 Å². The number of thiophene rings is 1. The molecule has 0 spiro atoms. The Morgan fingerprint density at radius 1 is 1.00 bits per heavy atom. The fourth-order valence-corrected chi connectivity index (χ4v) is 6.96. The van der Waals surface area contributed by atoms with Gasteiger partial charge in [0, 0.05) is 12.1 Å². The van der Waals surface area contributed by atoms with E-state index in [1.165, 1.54) is 23.5 Å². The predicted molar refractivity (Wildman–Crippen MR) is 151 cm³/mol. The van der Waals surface area contributed by atoms with Gasteiger partial charge in [0.2, 0.25) is 10.7 Å². The number of para-hydroxylation sites is 1.